The van der Waals surface area contributed by atoms with E-state index < -0.39 is 69.4 Å². The molecule has 2 aromatic rings. The first kappa shape index (κ1) is 28.2. The van der Waals surface area contributed by atoms with Gasteiger partial charge in [-0.1, -0.05) is 30.3 Å². The second kappa shape index (κ2) is 9.11. The van der Waals surface area contributed by atoms with Gasteiger partial charge in [-0.05, 0) is 24.8 Å². The standard InChI is InChI=1S/C24H20F8N4O3S/c25-22(26)9-6-15-17(33-20(34-18(15)22)36-10-7-16(36)23(27,28)29)13-2-4-14(5-3-13)21(35-19(37)24(30,31)32)8-1-11-40(38,39)12-21/h1-5,11,16H,6-10,12H2,(H,35,37)/t16-,21?/m1/s1. The van der Waals surface area contributed by atoms with Crippen LogP contribution < -0.4 is 10.2 Å². The van der Waals surface area contributed by atoms with Gasteiger partial charge in [-0.25, -0.2) is 18.4 Å². The molecule has 40 heavy (non-hydrogen) atoms. The quantitative estimate of drug-likeness (QED) is 0.522. The molecule has 0 radical (unpaired) electrons. The van der Waals surface area contributed by atoms with Gasteiger partial charge in [0.25, 0.3) is 5.92 Å². The van der Waals surface area contributed by atoms with E-state index in [9.17, 15) is 48.3 Å². The molecule has 1 fully saturated rings. The highest BCUT2D eigenvalue weighted by Crippen LogP contribution is 2.46. The van der Waals surface area contributed by atoms with Crippen molar-refractivity contribution in [2.75, 3.05) is 17.2 Å². The number of benzene rings is 1. The molecule has 2 atom stereocenters. The number of aromatic nitrogens is 2. The van der Waals surface area contributed by atoms with Gasteiger partial charge >= 0.3 is 18.3 Å². The zero-order chi connectivity index (χ0) is 29.3. The molecule has 5 rings (SSSR count). The lowest BCUT2D eigenvalue weighted by atomic mass is 9.87. The average molecular weight is 597 g/mol. The zero-order valence-corrected chi connectivity index (χ0v) is 21.1. The number of nitrogens with one attached hydrogen (secondary N) is 1. The third-order valence-electron chi connectivity index (χ3n) is 7.22. The van der Waals surface area contributed by atoms with Gasteiger partial charge in [-0.2, -0.15) is 35.1 Å². The van der Waals surface area contributed by atoms with Gasteiger partial charge in [0.2, 0.25) is 5.95 Å². The number of fused-ring (bicyclic) bond motifs is 1. The molecule has 1 aromatic heterocycles. The second-order valence-electron chi connectivity index (χ2n) is 9.94. The van der Waals surface area contributed by atoms with Gasteiger partial charge in [0.15, 0.2) is 9.84 Å². The molecule has 0 spiro atoms. The zero-order valence-electron chi connectivity index (χ0n) is 20.3. The van der Waals surface area contributed by atoms with Crippen molar-refractivity contribution in [3.8, 4) is 11.3 Å². The fraction of sp³-hybridized carbons (Fsp3) is 0.458. The number of rotatable bonds is 4. The van der Waals surface area contributed by atoms with E-state index >= 15 is 0 Å². The normalized spacial score (nSPS) is 25.3. The lowest BCUT2D eigenvalue weighted by Crippen LogP contribution is -2.56. The Morgan fingerprint density at radius 2 is 1.73 bits per heavy atom. The van der Waals surface area contributed by atoms with Gasteiger partial charge in [0.05, 0.1) is 17.0 Å². The minimum Gasteiger partial charge on any atom is -0.337 e. The van der Waals surface area contributed by atoms with Crippen LogP contribution in [0.3, 0.4) is 0 Å². The largest absolute Gasteiger partial charge is 0.471 e. The maximum absolute atomic E-state index is 14.7. The Hall–Kier alpha value is -3.30. The lowest BCUT2D eigenvalue weighted by molar-refractivity contribution is -0.175. The first-order valence-electron chi connectivity index (χ1n) is 11.9. The number of nitrogens with zero attached hydrogens (tertiary/aromatic N) is 3. The van der Waals surface area contributed by atoms with Crippen molar-refractivity contribution in [1.29, 1.82) is 0 Å². The van der Waals surface area contributed by atoms with Crippen molar-refractivity contribution in [3.63, 3.8) is 0 Å². The third kappa shape index (κ3) is 5.01. The molecule has 1 aliphatic carbocycles. The summed E-state index contributed by atoms with van der Waals surface area (Å²) in [6, 6.07) is 3.08. The highest BCUT2D eigenvalue weighted by Gasteiger charge is 2.51. The van der Waals surface area contributed by atoms with E-state index in [1.165, 1.54) is 24.3 Å². The summed E-state index contributed by atoms with van der Waals surface area (Å²) in [6.07, 6.45) is -10.2. The van der Waals surface area contributed by atoms with Gasteiger partial charge in [0.1, 0.15) is 11.7 Å². The summed E-state index contributed by atoms with van der Waals surface area (Å²) in [6.45, 7) is -0.101. The minimum atomic E-state index is -5.30. The molecule has 1 N–H and O–H groups in total. The summed E-state index contributed by atoms with van der Waals surface area (Å²) in [5, 5.41) is 2.61. The number of hydrogen-bond donors (Lipinski definition) is 1. The number of carbonyl (C=O) groups is 1. The Morgan fingerprint density at radius 3 is 2.27 bits per heavy atom. The molecule has 0 bridgehead atoms. The predicted octanol–water partition coefficient (Wildman–Crippen LogP) is 4.53. The number of alkyl halides is 8. The Balaban J connectivity index is 1.57. The van der Waals surface area contributed by atoms with Gasteiger partial charge in [0, 0.05) is 29.5 Å². The Morgan fingerprint density at radius 1 is 1.05 bits per heavy atom. The van der Waals surface area contributed by atoms with E-state index in [0.29, 0.717) is 0 Å². The molecule has 1 amide bonds. The fourth-order valence-electron chi connectivity index (χ4n) is 5.19. The first-order valence-corrected chi connectivity index (χ1v) is 13.7. The second-order valence-corrected chi connectivity index (χ2v) is 11.8. The molecule has 0 saturated carbocycles. The Bertz CT molecular complexity index is 1490. The molecule has 3 heterocycles. The van der Waals surface area contributed by atoms with Crippen molar-refractivity contribution >= 4 is 21.7 Å². The summed E-state index contributed by atoms with van der Waals surface area (Å²) in [5.74, 6) is -7.15. The molecule has 2 aliphatic heterocycles. The molecule has 3 aliphatic rings. The number of halogens is 8. The van der Waals surface area contributed by atoms with Crippen LogP contribution in [0.15, 0.2) is 35.7 Å². The number of anilines is 1. The molecule has 1 aromatic carbocycles. The highest BCUT2D eigenvalue weighted by atomic mass is 32.2. The van der Waals surface area contributed by atoms with Gasteiger partial charge in [-0.3, -0.25) is 4.79 Å². The van der Waals surface area contributed by atoms with E-state index in [4.69, 9.17) is 0 Å². The summed E-state index contributed by atoms with van der Waals surface area (Å²) < 4.78 is 133. The maximum atomic E-state index is 14.7. The Kier molecular flexibility index (Phi) is 6.43. The summed E-state index contributed by atoms with van der Waals surface area (Å²) in [5.41, 5.74) is -2.59. The molecular weight excluding hydrogens is 576 g/mol. The maximum Gasteiger partial charge on any atom is 0.471 e. The van der Waals surface area contributed by atoms with E-state index in [1.54, 1.807) is 5.32 Å². The molecule has 1 unspecified atom stereocenters. The predicted molar refractivity (Wildman–Crippen MR) is 125 cm³/mol. The van der Waals surface area contributed by atoms with E-state index in [1.807, 2.05) is 0 Å². The number of sulfone groups is 1. The van der Waals surface area contributed by atoms with Crippen LogP contribution in [-0.4, -0.2) is 55.0 Å². The van der Waals surface area contributed by atoms with E-state index in [0.717, 1.165) is 16.4 Å². The fourth-order valence-corrected chi connectivity index (χ4v) is 6.72. The van der Waals surface area contributed by atoms with Gasteiger partial charge in [-0.15, -0.1) is 0 Å². The van der Waals surface area contributed by atoms with Crippen LogP contribution in [0.25, 0.3) is 11.3 Å². The highest BCUT2D eigenvalue weighted by molar-refractivity contribution is 7.94. The van der Waals surface area contributed by atoms with Crippen molar-refractivity contribution in [2.45, 2.75) is 55.5 Å². The molecule has 7 nitrogen and oxygen atoms in total. The Labute approximate surface area is 222 Å². The van der Waals surface area contributed by atoms with Crippen molar-refractivity contribution in [3.05, 3.63) is 52.6 Å². The van der Waals surface area contributed by atoms with Crippen LogP contribution in [0.2, 0.25) is 0 Å². The number of amides is 1. The van der Waals surface area contributed by atoms with Crippen molar-refractivity contribution in [1.82, 2.24) is 15.3 Å². The van der Waals surface area contributed by atoms with Crippen LogP contribution in [0, 0.1) is 0 Å². The first-order chi connectivity index (χ1) is 18.4. The van der Waals surface area contributed by atoms with Crippen LogP contribution in [-0.2, 0) is 32.5 Å². The van der Waals surface area contributed by atoms with Crippen LogP contribution in [0.1, 0.15) is 36.1 Å². The molecular formula is C24H20F8N4O3S. The third-order valence-corrected chi connectivity index (χ3v) is 8.73. The van der Waals surface area contributed by atoms with Crippen molar-refractivity contribution in [2.24, 2.45) is 0 Å². The smallest absolute Gasteiger partial charge is 0.337 e. The summed E-state index contributed by atoms with van der Waals surface area (Å²) in [4.78, 5) is 20.6. The van der Waals surface area contributed by atoms with Crippen LogP contribution in [0.4, 0.5) is 41.1 Å². The van der Waals surface area contributed by atoms with Crippen LogP contribution in [0.5, 0.6) is 0 Å². The minimum absolute atomic E-state index is 0.0158. The van der Waals surface area contributed by atoms with Gasteiger partial charge < -0.3 is 10.2 Å². The molecule has 16 heteroatoms. The summed E-state index contributed by atoms with van der Waals surface area (Å²) >= 11 is 0. The molecule has 1 saturated heterocycles. The van der Waals surface area contributed by atoms with Crippen molar-refractivity contribution < 1.29 is 48.3 Å². The van der Waals surface area contributed by atoms with Crippen LogP contribution >= 0.6 is 0 Å². The monoisotopic (exact) mass is 596 g/mol. The molecule has 216 valence electrons. The average Bonchev–Trinajstić information content (AvgIpc) is 3.10. The van der Waals surface area contributed by atoms with E-state index in [-0.39, 0.29) is 48.2 Å². The van der Waals surface area contributed by atoms with E-state index in [2.05, 4.69) is 9.97 Å². The number of carbonyl (C=O) groups excluding carboxylic acids is 1. The topological polar surface area (TPSA) is 92.3 Å². The number of hydrogen-bond acceptors (Lipinski definition) is 6. The lowest BCUT2D eigenvalue weighted by Gasteiger charge is -2.42. The summed E-state index contributed by atoms with van der Waals surface area (Å²) in [7, 11) is -4.01. The SMILES string of the molecule is O=C(NC1(c2ccc(-c3nc(N4CC[C@@H]4C(F)(F)F)nc4c3CCC4(F)F)cc2)CC=CS(=O)(=O)C1)C(F)(F)F.